The topological polar surface area (TPSA) is 53.6 Å². The number of benzene rings is 1. The second-order valence-electron chi connectivity index (χ2n) is 7.18. The molecule has 132 valence electrons. The molecule has 1 aliphatic carbocycles. The molecule has 1 saturated heterocycles. The number of hydrogen-bond acceptors (Lipinski definition) is 3. The van der Waals surface area contributed by atoms with Gasteiger partial charge in [-0.05, 0) is 43.4 Å². The third-order valence-corrected chi connectivity index (χ3v) is 5.27. The molecule has 1 aliphatic heterocycles. The van der Waals surface area contributed by atoms with Gasteiger partial charge < -0.3 is 20.3 Å². The average molecular weight is 331 g/mol. The molecule has 2 N–H and O–H groups in total. The first-order valence-corrected chi connectivity index (χ1v) is 9.04. The molecule has 2 amide bonds. The minimum atomic E-state index is -0.0450. The van der Waals surface area contributed by atoms with E-state index in [0.29, 0.717) is 12.6 Å². The Morgan fingerprint density at radius 3 is 2.62 bits per heavy atom. The van der Waals surface area contributed by atoms with Crippen LogP contribution in [0.3, 0.4) is 0 Å². The van der Waals surface area contributed by atoms with Gasteiger partial charge in [0.15, 0.2) is 0 Å². The van der Waals surface area contributed by atoms with Crippen LogP contribution in [0.15, 0.2) is 24.3 Å². The van der Waals surface area contributed by atoms with Gasteiger partial charge in [0, 0.05) is 32.9 Å². The summed E-state index contributed by atoms with van der Waals surface area (Å²) in [5.74, 6) is 0. The van der Waals surface area contributed by atoms with E-state index in [4.69, 9.17) is 4.74 Å². The third kappa shape index (κ3) is 3.83. The molecule has 1 aromatic rings. The number of anilines is 1. The number of carbonyl (C=O) groups excluding carboxylic acids is 1. The molecule has 24 heavy (non-hydrogen) atoms. The van der Waals surface area contributed by atoms with Crippen molar-refractivity contribution < 1.29 is 9.53 Å². The summed E-state index contributed by atoms with van der Waals surface area (Å²) in [6.45, 7) is 1.53. The highest BCUT2D eigenvalue weighted by Gasteiger charge is 2.46. The molecule has 0 bridgehead atoms. The molecule has 1 heterocycles. The first-order valence-electron chi connectivity index (χ1n) is 9.04. The maximum atomic E-state index is 11.5. The van der Waals surface area contributed by atoms with E-state index in [1.54, 1.807) is 19.0 Å². The summed E-state index contributed by atoms with van der Waals surface area (Å²) in [5.41, 5.74) is 2.48. The summed E-state index contributed by atoms with van der Waals surface area (Å²) in [5, 5.41) is 6.58. The summed E-state index contributed by atoms with van der Waals surface area (Å²) in [4.78, 5) is 13.0. The van der Waals surface area contributed by atoms with Crippen LogP contribution in [0.4, 0.5) is 10.5 Å². The fourth-order valence-corrected chi connectivity index (χ4v) is 3.85. The highest BCUT2D eigenvalue weighted by atomic mass is 16.5. The first-order chi connectivity index (χ1) is 11.6. The molecule has 3 rings (SSSR count). The predicted molar refractivity (Wildman–Crippen MR) is 96.4 cm³/mol. The summed E-state index contributed by atoms with van der Waals surface area (Å²) < 4.78 is 6.10. The van der Waals surface area contributed by atoms with Crippen LogP contribution in [0.1, 0.15) is 37.7 Å². The Bertz CT molecular complexity index is 545. The van der Waals surface area contributed by atoms with Crippen molar-refractivity contribution in [2.24, 2.45) is 0 Å². The second kappa shape index (κ2) is 7.43. The van der Waals surface area contributed by atoms with Gasteiger partial charge in [-0.25, -0.2) is 4.79 Å². The molecular formula is C19H29N3O2. The highest BCUT2D eigenvalue weighted by Crippen LogP contribution is 2.42. The lowest BCUT2D eigenvalue weighted by atomic mass is 9.92. The third-order valence-electron chi connectivity index (χ3n) is 5.27. The molecular weight excluding hydrogens is 302 g/mol. The SMILES string of the molecule is CN(C)C(=O)NCCc1ccc(NC2CCOC23CCCC3)cc1. The Kier molecular flexibility index (Phi) is 5.29. The van der Waals surface area contributed by atoms with Crippen molar-refractivity contribution in [3.8, 4) is 0 Å². The second-order valence-corrected chi connectivity index (χ2v) is 7.18. The number of nitrogens with zero attached hydrogens (tertiary/aromatic N) is 1. The number of ether oxygens (including phenoxy) is 1. The molecule has 0 aromatic heterocycles. The van der Waals surface area contributed by atoms with Crippen LogP contribution in [-0.2, 0) is 11.2 Å². The zero-order valence-electron chi connectivity index (χ0n) is 14.8. The fraction of sp³-hybridized carbons (Fsp3) is 0.632. The van der Waals surface area contributed by atoms with E-state index in [1.165, 1.54) is 31.2 Å². The lowest BCUT2D eigenvalue weighted by Gasteiger charge is -2.31. The van der Waals surface area contributed by atoms with Gasteiger partial charge in [0.25, 0.3) is 0 Å². The van der Waals surface area contributed by atoms with Crippen LogP contribution in [0.5, 0.6) is 0 Å². The van der Waals surface area contributed by atoms with E-state index in [1.807, 2.05) is 0 Å². The monoisotopic (exact) mass is 331 g/mol. The molecule has 1 unspecified atom stereocenters. The lowest BCUT2D eigenvalue weighted by molar-refractivity contribution is 0.00523. The van der Waals surface area contributed by atoms with Crippen molar-refractivity contribution in [2.75, 3.05) is 32.6 Å². The molecule has 1 atom stereocenters. The standard InChI is InChI=1S/C19H29N3O2/c1-22(2)18(23)20-13-9-15-5-7-16(8-6-15)21-17-10-14-24-19(17)11-3-4-12-19/h5-8,17,21H,3-4,9-14H2,1-2H3,(H,20,23). The Labute approximate surface area is 144 Å². The van der Waals surface area contributed by atoms with Crippen LogP contribution < -0.4 is 10.6 Å². The van der Waals surface area contributed by atoms with E-state index < -0.39 is 0 Å². The van der Waals surface area contributed by atoms with Gasteiger partial charge in [-0.2, -0.15) is 0 Å². The molecule has 1 saturated carbocycles. The van der Waals surface area contributed by atoms with Crippen LogP contribution in [0.25, 0.3) is 0 Å². The van der Waals surface area contributed by atoms with Crippen molar-refractivity contribution in [3.05, 3.63) is 29.8 Å². The van der Waals surface area contributed by atoms with Gasteiger partial charge in [0.1, 0.15) is 0 Å². The van der Waals surface area contributed by atoms with E-state index in [-0.39, 0.29) is 11.6 Å². The number of urea groups is 1. The first kappa shape index (κ1) is 17.1. The van der Waals surface area contributed by atoms with Gasteiger partial charge in [0.2, 0.25) is 0 Å². The Balaban J connectivity index is 1.50. The maximum absolute atomic E-state index is 11.5. The Morgan fingerprint density at radius 1 is 1.25 bits per heavy atom. The Morgan fingerprint density at radius 2 is 1.96 bits per heavy atom. The molecule has 1 aromatic carbocycles. The molecule has 5 heteroatoms. The molecule has 2 aliphatic rings. The molecule has 5 nitrogen and oxygen atoms in total. The number of hydrogen-bond donors (Lipinski definition) is 2. The van der Waals surface area contributed by atoms with Crippen molar-refractivity contribution in [3.63, 3.8) is 0 Å². The van der Waals surface area contributed by atoms with Crippen LogP contribution in [0.2, 0.25) is 0 Å². The van der Waals surface area contributed by atoms with Gasteiger partial charge >= 0.3 is 6.03 Å². The van der Waals surface area contributed by atoms with Crippen molar-refractivity contribution >= 4 is 11.7 Å². The van der Waals surface area contributed by atoms with Gasteiger partial charge in [0.05, 0.1) is 11.6 Å². The molecule has 2 fully saturated rings. The zero-order chi connectivity index (χ0) is 17.0. The van der Waals surface area contributed by atoms with Crippen LogP contribution >= 0.6 is 0 Å². The van der Waals surface area contributed by atoms with E-state index in [2.05, 4.69) is 34.9 Å². The number of amides is 2. The smallest absolute Gasteiger partial charge is 0.316 e. The van der Waals surface area contributed by atoms with Gasteiger partial charge in [-0.1, -0.05) is 25.0 Å². The lowest BCUT2D eigenvalue weighted by Crippen LogP contribution is -2.41. The van der Waals surface area contributed by atoms with Crippen molar-refractivity contribution in [1.29, 1.82) is 0 Å². The van der Waals surface area contributed by atoms with Crippen molar-refractivity contribution in [2.45, 2.75) is 50.2 Å². The average Bonchev–Trinajstić information content (AvgIpc) is 3.20. The zero-order valence-corrected chi connectivity index (χ0v) is 14.8. The summed E-state index contributed by atoms with van der Waals surface area (Å²) in [6.07, 6.45) is 6.89. The maximum Gasteiger partial charge on any atom is 0.316 e. The number of carbonyl (C=O) groups is 1. The van der Waals surface area contributed by atoms with Crippen LogP contribution in [-0.4, -0.2) is 49.8 Å². The number of rotatable bonds is 5. The van der Waals surface area contributed by atoms with Gasteiger partial charge in [-0.3, -0.25) is 0 Å². The molecule has 1 spiro atoms. The summed E-state index contributed by atoms with van der Waals surface area (Å²) in [6, 6.07) is 8.96. The largest absolute Gasteiger partial charge is 0.379 e. The summed E-state index contributed by atoms with van der Waals surface area (Å²) in [7, 11) is 3.50. The van der Waals surface area contributed by atoms with Gasteiger partial charge in [-0.15, -0.1) is 0 Å². The fourth-order valence-electron chi connectivity index (χ4n) is 3.85. The van der Waals surface area contributed by atoms with E-state index in [9.17, 15) is 4.79 Å². The normalized spacial score (nSPS) is 21.8. The minimum absolute atomic E-state index is 0.0450. The van der Waals surface area contributed by atoms with Crippen LogP contribution in [0, 0.1) is 0 Å². The quantitative estimate of drug-likeness (QED) is 0.872. The summed E-state index contributed by atoms with van der Waals surface area (Å²) >= 11 is 0. The highest BCUT2D eigenvalue weighted by molar-refractivity contribution is 5.73. The van der Waals surface area contributed by atoms with Crippen molar-refractivity contribution in [1.82, 2.24) is 10.2 Å². The van der Waals surface area contributed by atoms with E-state index in [0.717, 1.165) is 25.1 Å². The Hall–Kier alpha value is -1.75. The predicted octanol–water partition coefficient (Wildman–Crippen LogP) is 3.01. The molecule has 0 radical (unpaired) electrons. The minimum Gasteiger partial charge on any atom is -0.379 e. The number of nitrogens with one attached hydrogen (secondary N) is 2. The van der Waals surface area contributed by atoms with E-state index >= 15 is 0 Å².